The number of halogens is 1. The summed E-state index contributed by atoms with van der Waals surface area (Å²) < 4.78 is 0.916. The van der Waals surface area contributed by atoms with Gasteiger partial charge in [-0.05, 0) is 99.9 Å². The van der Waals surface area contributed by atoms with Gasteiger partial charge in [0.2, 0.25) is 0 Å². The number of amides is 1. The number of pyridine rings is 2. The Morgan fingerprint density at radius 2 is 1.69 bits per heavy atom. The molecule has 0 unspecified atom stereocenters. The second-order valence-corrected chi connectivity index (χ2v) is 13.6. The minimum Gasteiger partial charge on any atom is -0.379 e. The van der Waals surface area contributed by atoms with Crippen LogP contribution in [0.1, 0.15) is 50.9 Å². The number of fused-ring (bicyclic) bond motifs is 1. The smallest absolute Gasteiger partial charge is 0.255 e. The Balaban J connectivity index is 1.16. The normalized spacial score (nSPS) is 19.3. The van der Waals surface area contributed by atoms with Gasteiger partial charge >= 0.3 is 0 Å². The number of aromatic nitrogens is 4. The van der Waals surface area contributed by atoms with E-state index in [9.17, 15) is 4.79 Å². The number of anilines is 2. The van der Waals surface area contributed by atoms with E-state index in [0.29, 0.717) is 24.7 Å². The lowest BCUT2D eigenvalue weighted by Gasteiger charge is -2.54. The molecule has 0 radical (unpaired) electrons. The number of rotatable bonds is 5. The van der Waals surface area contributed by atoms with E-state index in [2.05, 4.69) is 105 Å². The lowest BCUT2D eigenvalue weighted by Crippen LogP contribution is -2.61. The number of piperidine rings is 1. The van der Waals surface area contributed by atoms with E-state index in [0.717, 1.165) is 64.3 Å². The van der Waals surface area contributed by atoms with Crippen LogP contribution in [0.3, 0.4) is 0 Å². The summed E-state index contributed by atoms with van der Waals surface area (Å²) in [4.78, 5) is 36.7. The van der Waals surface area contributed by atoms with E-state index in [1.54, 1.807) is 18.5 Å². The fourth-order valence-corrected chi connectivity index (χ4v) is 6.96. The molecule has 3 aromatic heterocycles. The van der Waals surface area contributed by atoms with Crippen LogP contribution in [0.25, 0.3) is 22.6 Å². The van der Waals surface area contributed by atoms with Crippen molar-refractivity contribution in [1.29, 1.82) is 0 Å². The van der Waals surface area contributed by atoms with Crippen LogP contribution in [-0.4, -0.2) is 86.0 Å². The number of aromatic amines is 1. The van der Waals surface area contributed by atoms with Gasteiger partial charge in [-0.15, -0.1) is 0 Å². The number of nitrogens with zero attached hydrogens (tertiary/aromatic N) is 6. The van der Waals surface area contributed by atoms with Crippen LogP contribution in [0.5, 0.6) is 0 Å². The highest BCUT2D eigenvalue weighted by Crippen LogP contribution is 2.40. The fraction of sp³-hybridized carbons (Fsp3) is 0.438. The molecule has 0 saturated carbocycles. The second-order valence-electron chi connectivity index (χ2n) is 12.8. The third-order valence-corrected chi connectivity index (χ3v) is 9.71. The largest absolute Gasteiger partial charge is 0.379 e. The zero-order chi connectivity index (χ0) is 29.6. The average molecular weight is 632 g/mol. The number of benzene rings is 1. The van der Waals surface area contributed by atoms with Gasteiger partial charge in [-0.3, -0.25) is 14.7 Å². The van der Waals surface area contributed by atoms with Crippen LogP contribution in [0, 0.1) is 0 Å². The minimum absolute atomic E-state index is 0.0420. The Morgan fingerprint density at radius 1 is 1.00 bits per heavy atom. The number of carbonyl (C=O) groups excluding carboxylic acids is 1. The molecular weight excluding hydrogens is 592 g/mol. The number of hydrogen-bond donors (Lipinski definition) is 2. The molecule has 0 spiro atoms. The first-order valence-electron chi connectivity index (χ1n) is 14.6. The number of nitrogens with one attached hydrogen (secondary N) is 2. The van der Waals surface area contributed by atoms with E-state index in [1.165, 1.54) is 0 Å². The van der Waals surface area contributed by atoms with Crippen LogP contribution >= 0.6 is 15.9 Å². The summed E-state index contributed by atoms with van der Waals surface area (Å²) in [6.07, 6.45) is 7.24. The summed E-state index contributed by atoms with van der Waals surface area (Å²) in [6.45, 7) is 12.2. The van der Waals surface area contributed by atoms with Gasteiger partial charge in [0, 0.05) is 73.1 Å². The molecule has 0 atom stereocenters. The first kappa shape index (κ1) is 28.6. The molecule has 4 aromatic rings. The number of imidazole rings is 1. The average Bonchev–Trinajstić information content (AvgIpc) is 3.42. The van der Waals surface area contributed by atoms with Crippen molar-refractivity contribution in [2.45, 2.75) is 57.7 Å². The highest BCUT2D eigenvalue weighted by molar-refractivity contribution is 9.10. The molecule has 10 heteroatoms. The summed E-state index contributed by atoms with van der Waals surface area (Å²) in [5, 5.41) is 3.83. The van der Waals surface area contributed by atoms with Crippen molar-refractivity contribution in [3.8, 4) is 11.4 Å². The third kappa shape index (κ3) is 5.49. The SMILES string of the molecule is CN1C(C)(C)CC(Nc2c(Br)cnc3[nH]c(-c4ccc(N5CCN(C(=O)c6cccnc6)CC5)cc4)nc23)CC1(C)C. The molecule has 2 aliphatic rings. The van der Waals surface area contributed by atoms with Gasteiger partial charge in [0.25, 0.3) is 5.91 Å². The zero-order valence-electron chi connectivity index (χ0n) is 25.0. The summed E-state index contributed by atoms with van der Waals surface area (Å²) in [7, 11) is 2.23. The molecule has 0 bridgehead atoms. The number of H-pyrrole nitrogens is 1. The summed E-state index contributed by atoms with van der Waals surface area (Å²) in [5.74, 6) is 0.835. The first-order chi connectivity index (χ1) is 20.0. The molecule has 220 valence electrons. The van der Waals surface area contributed by atoms with Crippen LogP contribution < -0.4 is 10.2 Å². The van der Waals surface area contributed by atoms with Crippen LogP contribution in [0.2, 0.25) is 0 Å². The van der Waals surface area contributed by atoms with E-state index in [4.69, 9.17) is 4.98 Å². The standard InChI is InChI=1S/C32H39BrN8O/c1-31(2)17-23(18-32(3,4)39(31)5)36-26-25(33)20-35-29-27(26)37-28(38-29)21-8-10-24(11-9-21)40-13-15-41(16-14-40)30(42)22-7-6-12-34-19-22/h6-12,19-20,23H,13-18H2,1-5H3,(H2,35,36,37,38). The van der Waals surface area contributed by atoms with Crippen molar-refractivity contribution >= 4 is 44.4 Å². The summed E-state index contributed by atoms with van der Waals surface area (Å²) in [5.41, 5.74) is 5.53. The van der Waals surface area contributed by atoms with Crippen molar-refractivity contribution in [2.75, 3.05) is 43.4 Å². The summed E-state index contributed by atoms with van der Waals surface area (Å²) in [6, 6.07) is 12.4. The Bertz CT molecular complexity index is 1560. The van der Waals surface area contributed by atoms with Crippen molar-refractivity contribution in [3.05, 3.63) is 65.0 Å². The summed E-state index contributed by atoms with van der Waals surface area (Å²) >= 11 is 3.74. The number of likely N-dealkylation sites (tertiary alicyclic amines) is 1. The van der Waals surface area contributed by atoms with Gasteiger partial charge in [0.05, 0.1) is 15.7 Å². The molecule has 9 nitrogen and oxygen atoms in total. The van der Waals surface area contributed by atoms with E-state index >= 15 is 0 Å². The maximum absolute atomic E-state index is 12.8. The predicted molar refractivity (Wildman–Crippen MR) is 172 cm³/mol. The number of hydrogen-bond acceptors (Lipinski definition) is 7. The van der Waals surface area contributed by atoms with Gasteiger partial charge in [-0.2, -0.15) is 0 Å². The van der Waals surface area contributed by atoms with Gasteiger partial charge in [-0.25, -0.2) is 9.97 Å². The van der Waals surface area contributed by atoms with Gasteiger partial charge in [0.1, 0.15) is 11.3 Å². The van der Waals surface area contributed by atoms with Crippen LogP contribution in [0.15, 0.2) is 59.5 Å². The molecule has 1 aromatic carbocycles. The van der Waals surface area contributed by atoms with E-state index in [-0.39, 0.29) is 17.0 Å². The molecular formula is C32H39BrN8O. The topological polar surface area (TPSA) is 93.3 Å². The van der Waals surface area contributed by atoms with Crippen molar-refractivity contribution in [3.63, 3.8) is 0 Å². The predicted octanol–water partition coefficient (Wildman–Crippen LogP) is 5.81. The minimum atomic E-state index is 0.0420. The van der Waals surface area contributed by atoms with Gasteiger partial charge < -0.3 is 20.1 Å². The Kier molecular flexibility index (Phi) is 7.47. The van der Waals surface area contributed by atoms with Crippen LogP contribution in [0.4, 0.5) is 11.4 Å². The van der Waals surface area contributed by atoms with E-state index in [1.807, 2.05) is 17.2 Å². The second kappa shape index (κ2) is 11.0. The zero-order valence-corrected chi connectivity index (χ0v) is 26.6. The number of carbonyl (C=O) groups is 1. The maximum atomic E-state index is 12.8. The Labute approximate surface area is 255 Å². The molecule has 42 heavy (non-hydrogen) atoms. The molecule has 5 heterocycles. The van der Waals surface area contributed by atoms with Gasteiger partial charge in [-0.1, -0.05) is 0 Å². The first-order valence-corrected chi connectivity index (χ1v) is 15.4. The molecule has 1 amide bonds. The van der Waals surface area contributed by atoms with Crippen molar-refractivity contribution in [1.82, 2.24) is 29.7 Å². The van der Waals surface area contributed by atoms with Crippen LogP contribution in [-0.2, 0) is 0 Å². The van der Waals surface area contributed by atoms with E-state index < -0.39 is 0 Å². The maximum Gasteiger partial charge on any atom is 0.255 e. The molecule has 2 aliphatic heterocycles. The van der Waals surface area contributed by atoms with Crippen molar-refractivity contribution in [2.24, 2.45) is 0 Å². The highest BCUT2D eigenvalue weighted by Gasteiger charge is 2.43. The molecule has 2 saturated heterocycles. The molecule has 2 fully saturated rings. The number of piperazine rings is 1. The monoisotopic (exact) mass is 630 g/mol. The third-order valence-electron chi connectivity index (χ3n) is 9.10. The molecule has 6 rings (SSSR count). The Morgan fingerprint density at radius 3 is 2.33 bits per heavy atom. The molecule has 2 N–H and O–H groups in total. The lowest BCUT2D eigenvalue weighted by molar-refractivity contribution is -0.00766. The highest BCUT2D eigenvalue weighted by atomic mass is 79.9. The fourth-order valence-electron chi connectivity index (χ4n) is 6.55. The van der Waals surface area contributed by atoms with Crippen molar-refractivity contribution < 1.29 is 4.79 Å². The molecule has 0 aliphatic carbocycles. The Hall–Kier alpha value is -3.50. The van der Waals surface area contributed by atoms with Gasteiger partial charge in [0.15, 0.2) is 5.65 Å². The lowest BCUT2D eigenvalue weighted by atomic mass is 9.77. The quantitative estimate of drug-likeness (QED) is 0.287.